The number of anilines is 1. The van der Waals surface area contributed by atoms with Gasteiger partial charge in [0.1, 0.15) is 0 Å². The maximum atomic E-state index is 13.4. The average Bonchev–Trinajstić information content (AvgIpc) is 3.11. The topological polar surface area (TPSA) is 60.5 Å². The van der Waals surface area contributed by atoms with Gasteiger partial charge in [-0.3, -0.25) is 4.98 Å². The second-order valence-corrected chi connectivity index (χ2v) is 8.15. The normalized spacial score (nSPS) is 22.6. The van der Waals surface area contributed by atoms with Crippen molar-refractivity contribution in [1.29, 1.82) is 0 Å². The molecular weight excluding hydrogens is 395 g/mol. The number of amides is 2. The number of aromatic nitrogens is 1. The predicted octanol–water partition coefficient (Wildman–Crippen LogP) is 3.08. The Morgan fingerprint density at radius 1 is 1.27 bits per heavy atom. The zero-order valence-corrected chi connectivity index (χ0v) is 16.9. The van der Waals surface area contributed by atoms with Crippen LogP contribution in [0.15, 0.2) is 30.5 Å². The Morgan fingerprint density at radius 2 is 2.10 bits per heavy atom. The molecule has 0 saturated carbocycles. The molecule has 0 radical (unpaired) electrons. The Morgan fingerprint density at radius 3 is 2.83 bits per heavy atom. The lowest BCUT2D eigenvalue weighted by atomic mass is 9.94. The van der Waals surface area contributed by atoms with Gasteiger partial charge in [0.15, 0.2) is 0 Å². The number of halogens is 3. The fraction of sp³-hybridized carbons (Fsp3) is 0.524. The number of benzene rings is 1. The summed E-state index contributed by atoms with van der Waals surface area (Å²) in [5.41, 5.74) is 0.0686. The summed E-state index contributed by atoms with van der Waals surface area (Å²) in [5.74, 6) is 0.389. The number of fused-ring (bicyclic) bond motifs is 1. The maximum absolute atomic E-state index is 13.4. The van der Waals surface area contributed by atoms with Crippen molar-refractivity contribution < 1.29 is 18.0 Å². The Balaban J connectivity index is 1.50. The Kier molecular flexibility index (Phi) is 5.73. The minimum absolute atomic E-state index is 0.00900. The van der Waals surface area contributed by atoms with Crippen molar-refractivity contribution in [1.82, 2.24) is 20.5 Å². The Bertz CT molecular complexity index is 919. The van der Waals surface area contributed by atoms with Crippen LogP contribution in [0.3, 0.4) is 0 Å². The molecule has 2 aromatic rings. The van der Waals surface area contributed by atoms with E-state index in [0.717, 1.165) is 31.3 Å². The summed E-state index contributed by atoms with van der Waals surface area (Å²) in [6.07, 6.45) is -2.05. The van der Waals surface area contributed by atoms with Crippen molar-refractivity contribution in [2.24, 2.45) is 5.92 Å². The van der Waals surface area contributed by atoms with Crippen molar-refractivity contribution in [3.8, 4) is 0 Å². The van der Waals surface area contributed by atoms with E-state index < -0.39 is 11.7 Å². The van der Waals surface area contributed by atoms with Gasteiger partial charge in [0, 0.05) is 62.6 Å². The van der Waals surface area contributed by atoms with Crippen LogP contribution in [0.1, 0.15) is 18.9 Å². The van der Waals surface area contributed by atoms with E-state index in [1.54, 1.807) is 23.1 Å². The molecule has 30 heavy (non-hydrogen) atoms. The van der Waals surface area contributed by atoms with Crippen LogP contribution in [0.2, 0.25) is 0 Å². The average molecular weight is 421 g/mol. The third kappa shape index (κ3) is 4.30. The van der Waals surface area contributed by atoms with Gasteiger partial charge in [0.25, 0.3) is 0 Å². The van der Waals surface area contributed by atoms with E-state index in [-0.39, 0.29) is 17.6 Å². The SMILES string of the molecule is C[C@H]1CC(NCCN2CCNC2=O)CN(c2ccc(C(F)(F)F)c3ncccc23)C1. The van der Waals surface area contributed by atoms with Crippen LogP contribution >= 0.6 is 0 Å². The third-order valence-electron chi connectivity index (χ3n) is 5.81. The molecular formula is C21H26F3N5O. The van der Waals surface area contributed by atoms with Crippen molar-refractivity contribution in [3.05, 3.63) is 36.0 Å². The summed E-state index contributed by atoms with van der Waals surface area (Å²) in [7, 11) is 0. The highest BCUT2D eigenvalue weighted by molar-refractivity contribution is 5.94. The summed E-state index contributed by atoms with van der Waals surface area (Å²) in [4.78, 5) is 19.6. The molecule has 2 amide bonds. The van der Waals surface area contributed by atoms with Crippen LogP contribution in [-0.4, -0.2) is 61.2 Å². The molecule has 1 aromatic carbocycles. The van der Waals surface area contributed by atoms with Gasteiger partial charge in [-0.25, -0.2) is 4.79 Å². The summed E-state index contributed by atoms with van der Waals surface area (Å²) in [5, 5.41) is 6.84. The van der Waals surface area contributed by atoms with Crippen LogP contribution in [-0.2, 0) is 6.18 Å². The molecule has 1 aromatic heterocycles. The first kappa shape index (κ1) is 20.7. The van der Waals surface area contributed by atoms with Crippen molar-refractivity contribution in [3.63, 3.8) is 0 Å². The minimum Gasteiger partial charge on any atom is -0.369 e. The lowest BCUT2D eigenvalue weighted by molar-refractivity contribution is -0.136. The van der Waals surface area contributed by atoms with Gasteiger partial charge < -0.3 is 20.4 Å². The lowest BCUT2D eigenvalue weighted by Gasteiger charge is -2.39. The Labute approximate surface area is 173 Å². The van der Waals surface area contributed by atoms with Crippen molar-refractivity contribution in [2.45, 2.75) is 25.6 Å². The zero-order valence-electron chi connectivity index (χ0n) is 16.9. The molecule has 9 heteroatoms. The quantitative estimate of drug-likeness (QED) is 0.779. The second-order valence-electron chi connectivity index (χ2n) is 8.15. The summed E-state index contributed by atoms with van der Waals surface area (Å²) in [6, 6.07) is 6.26. The smallest absolute Gasteiger partial charge is 0.369 e. The molecule has 6 nitrogen and oxygen atoms in total. The van der Waals surface area contributed by atoms with E-state index >= 15 is 0 Å². The number of hydrogen-bond donors (Lipinski definition) is 2. The second kappa shape index (κ2) is 8.29. The number of carbonyl (C=O) groups excluding carboxylic acids is 1. The van der Waals surface area contributed by atoms with Crippen LogP contribution in [0, 0.1) is 5.92 Å². The van der Waals surface area contributed by atoms with Crippen molar-refractivity contribution in [2.75, 3.05) is 44.2 Å². The molecule has 4 rings (SSSR count). The van der Waals surface area contributed by atoms with Gasteiger partial charge in [0.05, 0.1) is 11.1 Å². The Hall–Kier alpha value is -2.55. The van der Waals surface area contributed by atoms with Gasteiger partial charge in [-0.1, -0.05) is 6.92 Å². The first-order valence-corrected chi connectivity index (χ1v) is 10.3. The molecule has 2 fully saturated rings. The van der Waals surface area contributed by atoms with E-state index in [1.807, 2.05) is 0 Å². The van der Waals surface area contributed by atoms with Crippen molar-refractivity contribution >= 4 is 22.6 Å². The predicted molar refractivity (Wildman–Crippen MR) is 110 cm³/mol. The molecule has 3 heterocycles. The fourth-order valence-electron chi connectivity index (χ4n) is 4.49. The molecule has 2 saturated heterocycles. The maximum Gasteiger partial charge on any atom is 0.418 e. The highest BCUT2D eigenvalue weighted by Gasteiger charge is 2.34. The van der Waals surface area contributed by atoms with E-state index in [1.165, 1.54) is 6.20 Å². The number of nitrogens with one attached hydrogen (secondary N) is 2. The van der Waals surface area contributed by atoms with Crippen LogP contribution in [0.25, 0.3) is 10.9 Å². The number of nitrogens with zero attached hydrogens (tertiary/aromatic N) is 3. The van der Waals surface area contributed by atoms with Gasteiger partial charge in [0.2, 0.25) is 0 Å². The lowest BCUT2D eigenvalue weighted by Crippen LogP contribution is -2.50. The summed E-state index contributed by atoms with van der Waals surface area (Å²) < 4.78 is 40.2. The number of hydrogen-bond acceptors (Lipinski definition) is 4. The molecule has 2 aliphatic rings. The van der Waals surface area contributed by atoms with E-state index in [0.29, 0.717) is 37.5 Å². The molecule has 0 aliphatic carbocycles. The summed E-state index contributed by atoms with van der Waals surface area (Å²) in [6.45, 7) is 6.37. The first-order chi connectivity index (χ1) is 14.3. The van der Waals surface area contributed by atoms with Crippen LogP contribution < -0.4 is 15.5 Å². The summed E-state index contributed by atoms with van der Waals surface area (Å²) >= 11 is 0. The molecule has 2 aliphatic heterocycles. The molecule has 0 bridgehead atoms. The van der Waals surface area contributed by atoms with E-state index in [4.69, 9.17) is 0 Å². The van der Waals surface area contributed by atoms with E-state index in [9.17, 15) is 18.0 Å². The number of alkyl halides is 3. The highest BCUT2D eigenvalue weighted by Crippen LogP contribution is 2.38. The van der Waals surface area contributed by atoms with Gasteiger partial charge in [-0.2, -0.15) is 13.2 Å². The fourth-order valence-corrected chi connectivity index (χ4v) is 4.49. The number of rotatable bonds is 5. The van der Waals surface area contributed by atoms with Gasteiger partial charge in [-0.05, 0) is 36.6 Å². The zero-order chi connectivity index (χ0) is 21.3. The first-order valence-electron chi connectivity index (χ1n) is 10.3. The molecule has 2 atom stereocenters. The van der Waals surface area contributed by atoms with Gasteiger partial charge >= 0.3 is 12.2 Å². The molecule has 162 valence electrons. The largest absolute Gasteiger partial charge is 0.418 e. The minimum atomic E-state index is -4.44. The molecule has 2 N–H and O–H groups in total. The highest BCUT2D eigenvalue weighted by atomic mass is 19.4. The molecule has 0 spiro atoms. The van der Waals surface area contributed by atoms with Crippen LogP contribution in [0.5, 0.6) is 0 Å². The van der Waals surface area contributed by atoms with Crippen LogP contribution in [0.4, 0.5) is 23.7 Å². The third-order valence-corrected chi connectivity index (χ3v) is 5.81. The van der Waals surface area contributed by atoms with E-state index in [2.05, 4.69) is 27.4 Å². The van der Waals surface area contributed by atoms with Gasteiger partial charge in [-0.15, -0.1) is 0 Å². The number of pyridine rings is 1. The number of piperidine rings is 1. The monoisotopic (exact) mass is 421 g/mol. The molecule has 1 unspecified atom stereocenters. The number of carbonyl (C=O) groups is 1. The number of urea groups is 1. The standard InChI is InChI=1S/C21H26F3N5O/c1-14-11-15(25-7-9-28-10-8-27-20(28)30)13-29(12-14)18-5-4-17(21(22,23)24)19-16(18)3-2-6-26-19/h2-6,14-15,25H,7-13H2,1H3,(H,27,30)/t14-,15?/m0/s1.